The van der Waals surface area contributed by atoms with Crippen LogP contribution in [0.5, 0.6) is 0 Å². The summed E-state index contributed by atoms with van der Waals surface area (Å²) < 4.78 is 8.24. The fourth-order valence-electron chi connectivity index (χ4n) is 4.10. The molecule has 5 heteroatoms. The van der Waals surface area contributed by atoms with Crippen LogP contribution in [0, 0.1) is 13.8 Å². The van der Waals surface area contributed by atoms with E-state index >= 15 is 0 Å². The minimum Gasteiger partial charge on any atom is -0.373 e. The van der Waals surface area contributed by atoms with E-state index in [1.165, 1.54) is 5.56 Å². The average Bonchev–Trinajstić information content (AvgIpc) is 3.07. The summed E-state index contributed by atoms with van der Waals surface area (Å²) in [6, 6.07) is 18.2. The fourth-order valence-corrected chi connectivity index (χ4v) is 4.10. The molecule has 1 aliphatic rings. The Hall–Kier alpha value is -2.92. The van der Waals surface area contributed by atoms with Gasteiger partial charge in [0.25, 0.3) is 5.91 Å². The number of pyridine rings is 1. The number of aryl methyl sites for hydroxylation is 1. The normalized spacial score (nSPS) is 14.8. The van der Waals surface area contributed by atoms with Crippen LogP contribution in [0.4, 0.5) is 0 Å². The summed E-state index contributed by atoms with van der Waals surface area (Å²) in [6.45, 7) is 6.87. The predicted molar refractivity (Wildman–Crippen MR) is 117 cm³/mol. The van der Waals surface area contributed by atoms with Crippen molar-refractivity contribution < 1.29 is 9.53 Å². The second kappa shape index (κ2) is 9.26. The van der Waals surface area contributed by atoms with Gasteiger partial charge in [0, 0.05) is 30.7 Å². The molecule has 0 N–H and O–H groups in total. The lowest BCUT2D eigenvalue weighted by molar-refractivity contribution is -0.000396. The highest BCUT2D eigenvalue weighted by atomic mass is 16.5. The summed E-state index contributed by atoms with van der Waals surface area (Å²) >= 11 is 0. The van der Waals surface area contributed by atoms with Gasteiger partial charge in [0.05, 0.1) is 30.5 Å². The number of likely N-dealkylation sites (tertiary alicyclic amines) is 1. The molecule has 0 aliphatic carbocycles. The summed E-state index contributed by atoms with van der Waals surface area (Å²) in [5.41, 5.74) is 5.08. The van der Waals surface area contributed by atoms with E-state index in [1.54, 1.807) is 6.20 Å². The number of ether oxygens (including phenoxy) is 1. The average molecular weight is 404 g/mol. The van der Waals surface area contributed by atoms with Crippen LogP contribution < -0.4 is 0 Å². The van der Waals surface area contributed by atoms with E-state index in [4.69, 9.17) is 4.74 Å². The first-order valence-electron chi connectivity index (χ1n) is 10.6. The Kier molecular flexibility index (Phi) is 6.29. The molecule has 1 amide bonds. The van der Waals surface area contributed by atoms with Gasteiger partial charge in [-0.15, -0.1) is 0 Å². The van der Waals surface area contributed by atoms with Crippen molar-refractivity contribution in [3.63, 3.8) is 0 Å². The second-order valence-corrected chi connectivity index (χ2v) is 7.98. The molecule has 1 fully saturated rings. The van der Waals surface area contributed by atoms with Gasteiger partial charge in [-0.3, -0.25) is 9.78 Å². The second-order valence-electron chi connectivity index (χ2n) is 7.98. The van der Waals surface area contributed by atoms with Crippen molar-refractivity contribution in [2.75, 3.05) is 13.1 Å². The van der Waals surface area contributed by atoms with Crippen LogP contribution in [0.2, 0.25) is 0 Å². The van der Waals surface area contributed by atoms with E-state index in [0.29, 0.717) is 13.2 Å². The lowest BCUT2D eigenvalue weighted by Gasteiger charge is -2.32. The molecule has 1 saturated heterocycles. The lowest BCUT2D eigenvalue weighted by atomic mass is 10.1. The highest BCUT2D eigenvalue weighted by Crippen LogP contribution is 2.22. The lowest BCUT2D eigenvalue weighted by Crippen LogP contribution is -2.41. The summed E-state index contributed by atoms with van der Waals surface area (Å²) in [7, 11) is 0. The number of hydrogen-bond donors (Lipinski definition) is 0. The molecule has 0 saturated carbocycles. The molecule has 5 nitrogen and oxygen atoms in total. The predicted octanol–water partition coefficient (Wildman–Crippen LogP) is 4.37. The first-order chi connectivity index (χ1) is 14.6. The van der Waals surface area contributed by atoms with Crippen molar-refractivity contribution in [2.45, 2.75) is 45.9 Å². The van der Waals surface area contributed by atoms with Crippen molar-refractivity contribution in [1.29, 1.82) is 0 Å². The topological polar surface area (TPSA) is 47.4 Å². The molecule has 1 aromatic carbocycles. The van der Waals surface area contributed by atoms with E-state index in [2.05, 4.69) is 28.6 Å². The van der Waals surface area contributed by atoms with E-state index in [-0.39, 0.29) is 12.0 Å². The largest absolute Gasteiger partial charge is 0.373 e. The highest BCUT2D eigenvalue weighted by molar-refractivity contribution is 5.95. The van der Waals surface area contributed by atoms with Crippen molar-refractivity contribution in [1.82, 2.24) is 14.5 Å². The molecule has 4 rings (SSSR count). The number of hydrogen-bond acceptors (Lipinski definition) is 3. The number of amides is 1. The maximum atomic E-state index is 13.2. The number of rotatable bonds is 6. The molecule has 1 aliphatic heterocycles. The smallest absolute Gasteiger partial charge is 0.255 e. The van der Waals surface area contributed by atoms with Crippen LogP contribution in [-0.4, -0.2) is 39.6 Å². The number of benzene rings is 1. The molecule has 2 aromatic heterocycles. The number of aromatic nitrogens is 2. The Balaban J connectivity index is 1.35. The minimum atomic E-state index is 0.122. The molecule has 0 radical (unpaired) electrons. The van der Waals surface area contributed by atoms with E-state index in [1.807, 2.05) is 54.3 Å². The van der Waals surface area contributed by atoms with Gasteiger partial charge in [-0.1, -0.05) is 36.4 Å². The van der Waals surface area contributed by atoms with Crippen LogP contribution in [0.25, 0.3) is 0 Å². The molecule has 0 spiro atoms. The Morgan fingerprint density at radius 2 is 1.80 bits per heavy atom. The number of piperidine rings is 1. The first-order valence-corrected chi connectivity index (χ1v) is 10.6. The first kappa shape index (κ1) is 20.4. The summed E-state index contributed by atoms with van der Waals surface area (Å²) in [6.07, 6.45) is 3.78. The van der Waals surface area contributed by atoms with Gasteiger partial charge in [0.2, 0.25) is 0 Å². The van der Waals surface area contributed by atoms with Gasteiger partial charge in [0.15, 0.2) is 0 Å². The van der Waals surface area contributed by atoms with Crippen LogP contribution in [0.3, 0.4) is 0 Å². The third kappa shape index (κ3) is 4.62. The monoisotopic (exact) mass is 403 g/mol. The maximum absolute atomic E-state index is 13.2. The molecular formula is C25H29N3O2. The maximum Gasteiger partial charge on any atom is 0.255 e. The highest BCUT2D eigenvalue weighted by Gasteiger charge is 2.26. The zero-order valence-electron chi connectivity index (χ0n) is 17.8. The zero-order valence-corrected chi connectivity index (χ0v) is 17.8. The Morgan fingerprint density at radius 1 is 1.07 bits per heavy atom. The molecule has 0 unspecified atom stereocenters. The standard InChI is InChI=1S/C25H29N3O2/c1-19-16-24(20(2)28(19)17-22-10-6-7-13-26-22)25(29)27-14-11-23(12-15-27)30-18-21-8-4-3-5-9-21/h3-10,13,16,23H,11-12,14-15,17-18H2,1-2H3. The van der Waals surface area contributed by atoms with Crippen LogP contribution in [0.1, 0.15) is 45.8 Å². The summed E-state index contributed by atoms with van der Waals surface area (Å²) in [4.78, 5) is 19.6. The van der Waals surface area contributed by atoms with Gasteiger partial charge < -0.3 is 14.2 Å². The van der Waals surface area contributed by atoms with Gasteiger partial charge in [-0.05, 0) is 50.5 Å². The third-order valence-corrected chi connectivity index (χ3v) is 5.91. The van der Waals surface area contributed by atoms with Gasteiger partial charge >= 0.3 is 0 Å². The SMILES string of the molecule is Cc1cc(C(=O)N2CCC(OCc3ccccc3)CC2)c(C)n1Cc1ccccn1. The van der Waals surface area contributed by atoms with Crippen molar-refractivity contribution >= 4 is 5.91 Å². The molecule has 3 heterocycles. The Labute approximate surface area is 178 Å². The Morgan fingerprint density at radius 3 is 2.50 bits per heavy atom. The van der Waals surface area contributed by atoms with Crippen LogP contribution >= 0.6 is 0 Å². The van der Waals surface area contributed by atoms with Crippen molar-refractivity contribution in [2.24, 2.45) is 0 Å². The molecule has 0 bridgehead atoms. The molecule has 156 valence electrons. The molecule has 30 heavy (non-hydrogen) atoms. The van der Waals surface area contributed by atoms with Crippen LogP contribution in [-0.2, 0) is 17.9 Å². The van der Waals surface area contributed by atoms with E-state index < -0.39 is 0 Å². The number of nitrogens with zero attached hydrogens (tertiary/aromatic N) is 3. The fraction of sp³-hybridized carbons (Fsp3) is 0.360. The van der Waals surface area contributed by atoms with Gasteiger partial charge in [-0.25, -0.2) is 0 Å². The molecule has 3 aromatic rings. The quantitative estimate of drug-likeness (QED) is 0.614. The molecule has 0 atom stereocenters. The number of carbonyl (C=O) groups excluding carboxylic acids is 1. The zero-order chi connectivity index (χ0) is 20.9. The van der Waals surface area contributed by atoms with Crippen LogP contribution in [0.15, 0.2) is 60.8 Å². The van der Waals surface area contributed by atoms with E-state index in [0.717, 1.165) is 48.6 Å². The third-order valence-electron chi connectivity index (χ3n) is 5.91. The Bertz CT molecular complexity index is 974. The summed E-state index contributed by atoms with van der Waals surface area (Å²) in [5.74, 6) is 0.122. The van der Waals surface area contributed by atoms with Crippen molar-refractivity contribution in [3.8, 4) is 0 Å². The van der Waals surface area contributed by atoms with Gasteiger partial charge in [-0.2, -0.15) is 0 Å². The number of carbonyl (C=O) groups is 1. The molecular weight excluding hydrogens is 374 g/mol. The minimum absolute atomic E-state index is 0.122. The van der Waals surface area contributed by atoms with Crippen molar-refractivity contribution in [3.05, 3.63) is 89.0 Å². The summed E-state index contributed by atoms with van der Waals surface area (Å²) in [5, 5.41) is 0. The van der Waals surface area contributed by atoms with E-state index in [9.17, 15) is 4.79 Å². The van der Waals surface area contributed by atoms with Gasteiger partial charge in [0.1, 0.15) is 0 Å².